The number of imidazole rings is 1. The number of fused-ring (bicyclic) bond motifs is 2. The number of carbonyl (C=O) groups excluding carboxylic acids is 1. The molecule has 152 valence electrons. The highest BCUT2D eigenvalue weighted by atomic mass is 16.2. The zero-order chi connectivity index (χ0) is 21.4. The van der Waals surface area contributed by atoms with Crippen molar-refractivity contribution < 1.29 is 4.79 Å². The SMILES string of the molecule is Cn1c(-c2ccc(NC(=O)Cn3ncc4ccccc4c3=O)cc2)nc2ccccc21. The first kappa shape index (κ1) is 18.7. The minimum atomic E-state index is -0.319. The molecule has 3 aromatic carbocycles. The molecule has 0 radical (unpaired) electrons. The molecule has 0 unspecified atom stereocenters. The Bertz CT molecular complexity index is 1480. The van der Waals surface area contributed by atoms with E-state index in [-0.39, 0.29) is 18.0 Å². The lowest BCUT2D eigenvalue weighted by atomic mass is 10.2. The standard InChI is InChI=1S/C24H19N5O2/c1-28-21-9-5-4-8-20(21)27-23(28)16-10-12-18(13-11-16)26-22(30)15-29-24(31)19-7-3-2-6-17(19)14-25-29/h2-14H,15H2,1H3,(H,26,30). The Morgan fingerprint density at radius 2 is 1.71 bits per heavy atom. The molecule has 2 aromatic heterocycles. The number of nitrogens with zero attached hydrogens (tertiary/aromatic N) is 4. The number of anilines is 1. The van der Waals surface area contributed by atoms with E-state index >= 15 is 0 Å². The van der Waals surface area contributed by atoms with Gasteiger partial charge in [0.15, 0.2) is 0 Å². The maximum absolute atomic E-state index is 12.5. The number of amides is 1. The van der Waals surface area contributed by atoms with Gasteiger partial charge in [0.2, 0.25) is 5.91 Å². The number of nitrogens with one attached hydrogen (secondary N) is 1. The van der Waals surface area contributed by atoms with E-state index in [4.69, 9.17) is 4.98 Å². The lowest BCUT2D eigenvalue weighted by molar-refractivity contribution is -0.117. The first-order valence-electron chi connectivity index (χ1n) is 9.87. The van der Waals surface area contributed by atoms with Crippen LogP contribution in [0.5, 0.6) is 0 Å². The van der Waals surface area contributed by atoms with E-state index in [1.807, 2.05) is 72.3 Å². The Kier molecular flexibility index (Phi) is 4.55. The molecule has 0 saturated carbocycles. The molecule has 7 nitrogen and oxygen atoms in total. The van der Waals surface area contributed by atoms with Crippen molar-refractivity contribution in [2.75, 3.05) is 5.32 Å². The second-order valence-electron chi connectivity index (χ2n) is 7.30. The molecule has 0 aliphatic heterocycles. The van der Waals surface area contributed by atoms with Gasteiger partial charge in [-0.2, -0.15) is 5.10 Å². The van der Waals surface area contributed by atoms with E-state index in [9.17, 15) is 9.59 Å². The largest absolute Gasteiger partial charge is 0.327 e. The molecule has 0 saturated heterocycles. The van der Waals surface area contributed by atoms with Gasteiger partial charge in [0.25, 0.3) is 5.56 Å². The second-order valence-corrected chi connectivity index (χ2v) is 7.30. The fourth-order valence-electron chi connectivity index (χ4n) is 3.68. The van der Waals surface area contributed by atoms with E-state index in [0.29, 0.717) is 11.1 Å². The molecule has 1 amide bonds. The predicted molar refractivity (Wildman–Crippen MR) is 121 cm³/mol. The summed E-state index contributed by atoms with van der Waals surface area (Å²) in [5, 5.41) is 8.21. The van der Waals surface area contributed by atoms with Crippen LogP contribution >= 0.6 is 0 Å². The molecular formula is C24H19N5O2. The molecular weight excluding hydrogens is 390 g/mol. The second kappa shape index (κ2) is 7.53. The van der Waals surface area contributed by atoms with Crippen LogP contribution in [0, 0.1) is 0 Å². The predicted octanol–water partition coefficient (Wildman–Crippen LogP) is 3.59. The first-order chi connectivity index (χ1) is 15.1. The third kappa shape index (κ3) is 3.46. The maximum Gasteiger partial charge on any atom is 0.275 e. The van der Waals surface area contributed by atoms with Gasteiger partial charge in [0, 0.05) is 23.7 Å². The van der Waals surface area contributed by atoms with Crippen LogP contribution in [-0.4, -0.2) is 25.2 Å². The van der Waals surface area contributed by atoms with Gasteiger partial charge < -0.3 is 9.88 Å². The smallest absolute Gasteiger partial charge is 0.275 e. The Balaban J connectivity index is 1.34. The summed E-state index contributed by atoms with van der Waals surface area (Å²) in [6.45, 7) is -0.157. The molecule has 0 bridgehead atoms. The molecule has 0 aliphatic rings. The van der Waals surface area contributed by atoms with Crippen molar-refractivity contribution >= 4 is 33.4 Å². The van der Waals surface area contributed by atoms with Crippen LogP contribution in [0.15, 0.2) is 83.8 Å². The monoisotopic (exact) mass is 409 g/mol. The fraction of sp³-hybridized carbons (Fsp3) is 0.0833. The number of hydrogen-bond acceptors (Lipinski definition) is 4. The van der Waals surface area contributed by atoms with Crippen LogP contribution in [0.25, 0.3) is 33.2 Å². The average molecular weight is 409 g/mol. The van der Waals surface area contributed by atoms with Crippen LogP contribution in [0.2, 0.25) is 0 Å². The summed E-state index contributed by atoms with van der Waals surface area (Å²) in [5.41, 5.74) is 3.30. The quantitative estimate of drug-likeness (QED) is 0.492. The summed E-state index contributed by atoms with van der Waals surface area (Å²) in [6, 6.07) is 22.6. The number of aryl methyl sites for hydroxylation is 1. The molecule has 0 atom stereocenters. The van der Waals surface area contributed by atoms with E-state index < -0.39 is 0 Å². The van der Waals surface area contributed by atoms with Gasteiger partial charge in [0.1, 0.15) is 12.4 Å². The minimum Gasteiger partial charge on any atom is -0.327 e. The summed E-state index contributed by atoms with van der Waals surface area (Å²) in [5.74, 6) is 0.534. The van der Waals surface area contributed by atoms with Gasteiger partial charge in [-0.1, -0.05) is 30.3 Å². The number of para-hydroxylation sites is 2. The van der Waals surface area contributed by atoms with Crippen molar-refractivity contribution in [1.82, 2.24) is 19.3 Å². The molecule has 5 aromatic rings. The van der Waals surface area contributed by atoms with Gasteiger partial charge in [0.05, 0.1) is 22.6 Å². The molecule has 0 fully saturated rings. The fourth-order valence-corrected chi connectivity index (χ4v) is 3.68. The summed E-state index contributed by atoms with van der Waals surface area (Å²) < 4.78 is 3.21. The lowest BCUT2D eigenvalue weighted by Crippen LogP contribution is -2.29. The van der Waals surface area contributed by atoms with E-state index in [0.717, 1.165) is 27.8 Å². The molecule has 31 heavy (non-hydrogen) atoms. The molecule has 0 spiro atoms. The molecule has 5 rings (SSSR count). The summed E-state index contributed by atoms with van der Waals surface area (Å²) in [4.78, 5) is 29.7. The average Bonchev–Trinajstić information content (AvgIpc) is 3.13. The topological polar surface area (TPSA) is 81.8 Å². The molecule has 0 aliphatic carbocycles. The van der Waals surface area contributed by atoms with Gasteiger partial charge in [-0.25, -0.2) is 9.67 Å². The van der Waals surface area contributed by atoms with E-state index in [2.05, 4.69) is 10.4 Å². The number of carbonyl (C=O) groups is 1. The number of benzene rings is 3. The number of aromatic nitrogens is 4. The summed E-state index contributed by atoms with van der Waals surface area (Å²) in [6.07, 6.45) is 1.59. The minimum absolute atomic E-state index is 0.157. The molecule has 7 heteroatoms. The lowest BCUT2D eigenvalue weighted by Gasteiger charge is -2.08. The van der Waals surface area contributed by atoms with Crippen LogP contribution in [0.1, 0.15) is 0 Å². The normalized spacial score (nSPS) is 11.1. The van der Waals surface area contributed by atoms with Gasteiger partial charge >= 0.3 is 0 Å². The Hall–Kier alpha value is -4.26. The van der Waals surface area contributed by atoms with Crippen LogP contribution in [0.3, 0.4) is 0 Å². The zero-order valence-electron chi connectivity index (χ0n) is 16.8. The summed E-state index contributed by atoms with van der Waals surface area (Å²) >= 11 is 0. The van der Waals surface area contributed by atoms with Crippen LogP contribution in [0.4, 0.5) is 5.69 Å². The van der Waals surface area contributed by atoms with Crippen molar-refractivity contribution in [3.63, 3.8) is 0 Å². The summed E-state index contributed by atoms with van der Waals surface area (Å²) in [7, 11) is 1.98. The zero-order valence-corrected chi connectivity index (χ0v) is 16.8. The number of hydrogen-bond donors (Lipinski definition) is 1. The highest BCUT2D eigenvalue weighted by Crippen LogP contribution is 2.24. The first-order valence-corrected chi connectivity index (χ1v) is 9.87. The van der Waals surface area contributed by atoms with Crippen molar-refractivity contribution in [3.05, 3.63) is 89.3 Å². The van der Waals surface area contributed by atoms with Crippen molar-refractivity contribution in [2.24, 2.45) is 7.05 Å². The molecule has 2 heterocycles. The third-order valence-electron chi connectivity index (χ3n) is 5.27. The number of rotatable bonds is 4. The molecule has 1 N–H and O–H groups in total. The van der Waals surface area contributed by atoms with Crippen molar-refractivity contribution in [1.29, 1.82) is 0 Å². The van der Waals surface area contributed by atoms with Gasteiger partial charge in [-0.05, 0) is 42.5 Å². The third-order valence-corrected chi connectivity index (χ3v) is 5.27. The van der Waals surface area contributed by atoms with E-state index in [1.165, 1.54) is 4.68 Å². The van der Waals surface area contributed by atoms with Gasteiger partial charge in [-0.15, -0.1) is 0 Å². The Labute approximate surface area is 177 Å². The highest BCUT2D eigenvalue weighted by molar-refractivity contribution is 5.91. The van der Waals surface area contributed by atoms with E-state index in [1.54, 1.807) is 18.3 Å². The maximum atomic E-state index is 12.5. The van der Waals surface area contributed by atoms with Crippen molar-refractivity contribution in [3.8, 4) is 11.4 Å². The Morgan fingerprint density at radius 1 is 0.968 bits per heavy atom. The van der Waals surface area contributed by atoms with Gasteiger partial charge in [-0.3, -0.25) is 9.59 Å². The highest BCUT2D eigenvalue weighted by Gasteiger charge is 2.11. The Morgan fingerprint density at radius 3 is 2.52 bits per heavy atom. The van der Waals surface area contributed by atoms with Crippen molar-refractivity contribution in [2.45, 2.75) is 6.54 Å². The van der Waals surface area contributed by atoms with Crippen LogP contribution in [-0.2, 0) is 18.4 Å². The van der Waals surface area contributed by atoms with Crippen LogP contribution < -0.4 is 10.9 Å².